The number of hydrogen-bond acceptors (Lipinski definition) is 1. The van der Waals surface area contributed by atoms with E-state index in [2.05, 4.69) is 0 Å². The molecule has 0 spiro atoms. The summed E-state index contributed by atoms with van der Waals surface area (Å²) < 4.78 is 0. The standard InChI is InChI=1S/C12H11NPS/c13-14(15,11-7-3-1-4-8-11)12-9-5-2-6-10-12/h1-10,13H. The van der Waals surface area contributed by atoms with Gasteiger partial charge in [0.15, 0.2) is 0 Å². The van der Waals surface area contributed by atoms with Crippen LogP contribution in [0.1, 0.15) is 0 Å². The third-order valence-corrected chi connectivity index (χ3v) is 5.56. The first-order chi connectivity index (χ1) is 7.21. The van der Waals surface area contributed by atoms with Gasteiger partial charge in [-0.15, -0.1) is 0 Å². The second-order valence-electron chi connectivity index (χ2n) is 3.28. The Morgan fingerprint density at radius 3 is 1.40 bits per heavy atom. The minimum absolute atomic E-state index is 0.950. The van der Waals surface area contributed by atoms with Gasteiger partial charge in [0.1, 0.15) is 0 Å². The van der Waals surface area contributed by atoms with Crippen molar-refractivity contribution in [1.82, 2.24) is 5.50 Å². The van der Waals surface area contributed by atoms with E-state index >= 15 is 0 Å². The summed E-state index contributed by atoms with van der Waals surface area (Å²) >= 11 is 5.45. The minimum Gasteiger partial charge on any atom is -0.215 e. The Morgan fingerprint density at radius 2 is 1.07 bits per heavy atom. The summed E-state index contributed by atoms with van der Waals surface area (Å²) in [4.78, 5) is 0. The molecule has 0 aliphatic carbocycles. The van der Waals surface area contributed by atoms with Gasteiger partial charge in [0.05, 0.1) is 6.19 Å². The monoisotopic (exact) mass is 232 g/mol. The van der Waals surface area contributed by atoms with Crippen molar-refractivity contribution in [2.24, 2.45) is 0 Å². The van der Waals surface area contributed by atoms with Crippen LogP contribution in [0, 0.1) is 0 Å². The molecule has 15 heavy (non-hydrogen) atoms. The number of benzene rings is 2. The van der Waals surface area contributed by atoms with Gasteiger partial charge in [-0.25, -0.2) is 5.50 Å². The highest BCUT2D eigenvalue weighted by atomic mass is 32.4. The first kappa shape index (κ1) is 10.6. The van der Waals surface area contributed by atoms with E-state index < -0.39 is 6.19 Å². The van der Waals surface area contributed by atoms with E-state index in [4.69, 9.17) is 17.3 Å². The third kappa shape index (κ3) is 2.18. The van der Waals surface area contributed by atoms with Gasteiger partial charge in [-0.3, -0.25) is 0 Å². The van der Waals surface area contributed by atoms with E-state index in [1.54, 1.807) is 0 Å². The van der Waals surface area contributed by atoms with Crippen LogP contribution in [0.25, 0.3) is 0 Å². The molecule has 0 amide bonds. The molecule has 0 fully saturated rings. The van der Waals surface area contributed by atoms with Crippen molar-refractivity contribution in [3.05, 3.63) is 60.7 Å². The van der Waals surface area contributed by atoms with E-state index in [0.717, 1.165) is 10.6 Å². The highest BCUT2D eigenvalue weighted by Crippen LogP contribution is 2.36. The zero-order valence-corrected chi connectivity index (χ0v) is 9.84. The first-order valence-corrected chi connectivity index (χ1v) is 7.48. The second kappa shape index (κ2) is 4.28. The molecule has 0 saturated carbocycles. The zero-order valence-electron chi connectivity index (χ0n) is 8.13. The van der Waals surface area contributed by atoms with Crippen molar-refractivity contribution in [3.63, 3.8) is 0 Å². The van der Waals surface area contributed by atoms with Gasteiger partial charge >= 0.3 is 0 Å². The van der Waals surface area contributed by atoms with Crippen molar-refractivity contribution in [2.45, 2.75) is 0 Å². The summed E-state index contributed by atoms with van der Waals surface area (Å²) in [5.41, 5.74) is 8.33. The Morgan fingerprint density at radius 1 is 0.733 bits per heavy atom. The van der Waals surface area contributed by atoms with E-state index in [9.17, 15) is 0 Å². The lowest BCUT2D eigenvalue weighted by Gasteiger charge is -2.15. The average Bonchev–Trinajstić information content (AvgIpc) is 2.31. The van der Waals surface area contributed by atoms with Crippen LogP contribution in [0.3, 0.4) is 0 Å². The fourth-order valence-electron chi connectivity index (χ4n) is 1.42. The van der Waals surface area contributed by atoms with Crippen molar-refractivity contribution >= 4 is 28.6 Å². The molecule has 1 N–H and O–H groups in total. The molecule has 0 atom stereocenters. The predicted octanol–water partition coefficient (Wildman–Crippen LogP) is 2.31. The van der Waals surface area contributed by atoms with E-state index in [-0.39, 0.29) is 0 Å². The third-order valence-electron chi connectivity index (χ3n) is 2.24. The second-order valence-corrected chi connectivity index (χ2v) is 7.17. The van der Waals surface area contributed by atoms with Crippen LogP contribution in [0.5, 0.6) is 0 Å². The Balaban J connectivity index is 2.50. The van der Waals surface area contributed by atoms with E-state index in [1.165, 1.54) is 0 Å². The molecule has 0 unspecified atom stereocenters. The summed E-state index contributed by atoms with van der Waals surface area (Å²) in [7, 11) is 0. The average molecular weight is 232 g/mol. The number of rotatable bonds is 2. The molecule has 0 aromatic heterocycles. The molecule has 2 rings (SSSR count). The topological polar surface area (TPSA) is 23.8 Å². The lowest BCUT2D eigenvalue weighted by molar-refractivity contribution is 1.71. The highest BCUT2D eigenvalue weighted by molar-refractivity contribution is 8.20. The maximum absolute atomic E-state index is 8.33. The summed E-state index contributed by atoms with van der Waals surface area (Å²) in [6.07, 6.45) is -2.31. The van der Waals surface area contributed by atoms with Crippen LogP contribution in [0.2, 0.25) is 0 Å². The lowest BCUT2D eigenvalue weighted by atomic mass is 10.4. The lowest BCUT2D eigenvalue weighted by Crippen LogP contribution is -2.15. The Bertz CT molecular complexity index is 438. The molecule has 0 bridgehead atoms. The molecule has 75 valence electrons. The van der Waals surface area contributed by atoms with Crippen molar-refractivity contribution in [3.8, 4) is 0 Å². The van der Waals surface area contributed by atoms with Crippen molar-refractivity contribution in [2.75, 3.05) is 0 Å². The van der Waals surface area contributed by atoms with Crippen LogP contribution >= 0.6 is 6.19 Å². The minimum atomic E-state index is -2.31. The smallest absolute Gasteiger partial charge is 0.0815 e. The van der Waals surface area contributed by atoms with Gasteiger partial charge in [-0.2, -0.15) is 0 Å². The molecule has 2 aromatic rings. The van der Waals surface area contributed by atoms with Crippen LogP contribution in [0.4, 0.5) is 0 Å². The summed E-state index contributed by atoms with van der Waals surface area (Å²) in [5.74, 6) is 0. The fourth-order valence-corrected chi connectivity index (χ4v) is 3.64. The van der Waals surface area contributed by atoms with Crippen LogP contribution < -0.4 is 16.1 Å². The zero-order chi connectivity index (χ0) is 10.7. The highest BCUT2D eigenvalue weighted by Gasteiger charge is 2.16. The van der Waals surface area contributed by atoms with Gasteiger partial charge in [0, 0.05) is 10.6 Å². The number of hydrogen-bond donors (Lipinski definition) is 0. The van der Waals surface area contributed by atoms with Crippen molar-refractivity contribution in [1.29, 1.82) is 0 Å². The summed E-state index contributed by atoms with van der Waals surface area (Å²) in [6, 6.07) is 19.4. The van der Waals surface area contributed by atoms with Gasteiger partial charge < -0.3 is 0 Å². The maximum atomic E-state index is 8.33. The van der Waals surface area contributed by atoms with Crippen LogP contribution in [0.15, 0.2) is 60.7 Å². The largest absolute Gasteiger partial charge is 0.215 e. The Labute approximate surface area is 95.0 Å². The Hall–Kier alpha value is -0.950. The molecule has 1 nitrogen and oxygen atoms in total. The van der Waals surface area contributed by atoms with E-state index in [1.807, 2.05) is 60.7 Å². The van der Waals surface area contributed by atoms with Gasteiger partial charge in [-0.1, -0.05) is 72.5 Å². The SMILES string of the molecule is [NH]P(=S)(c1ccccc1)c1ccccc1. The summed E-state index contributed by atoms with van der Waals surface area (Å²) in [5, 5.41) is 1.90. The van der Waals surface area contributed by atoms with Gasteiger partial charge in [0.25, 0.3) is 0 Å². The molecule has 3 heteroatoms. The number of nitrogens with one attached hydrogen (secondary N) is 1. The molecule has 0 aliphatic heterocycles. The van der Waals surface area contributed by atoms with Crippen molar-refractivity contribution < 1.29 is 0 Å². The molecule has 2 aromatic carbocycles. The van der Waals surface area contributed by atoms with E-state index in [0.29, 0.717) is 0 Å². The van der Waals surface area contributed by atoms with Crippen LogP contribution in [-0.4, -0.2) is 0 Å². The van der Waals surface area contributed by atoms with Gasteiger partial charge in [0.2, 0.25) is 0 Å². The summed E-state index contributed by atoms with van der Waals surface area (Å²) in [6.45, 7) is 0. The predicted molar refractivity (Wildman–Crippen MR) is 69.5 cm³/mol. The van der Waals surface area contributed by atoms with Gasteiger partial charge in [-0.05, 0) is 0 Å². The Kier molecular flexibility index (Phi) is 3.01. The molecule has 0 heterocycles. The quantitative estimate of drug-likeness (QED) is 0.729. The molecular formula is C12H11NPS. The normalized spacial score (nSPS) is 11.3. The molecule has 1 radical (unpaired) electrons. The fraction of sp³-hybridized carbons (Fsp3) is 0. The maximum Gasteiger partial charge on any atom is 0.0815 e. The molecule has 0 aliphatic rings. The molecule has 0 saturated heterocycles. The van der Waals surface area contributed by atoms with Crippen LogP contribution in [-0.2, 0) is 11.8 Å². The first-order valence-electron chi connectivity index (χ1n) is 4.67. The molecular weight excluding hydrogens is 221 g/mol.